The minimum absolute atomic E-state index is 0.249. The number of hydrogen-bond donors (Lipinski definition) is 1. The van der Waals surface area contributed by atoms with Crippen LogP contribution in [-0.2, 0) is 7.05 Å². The standard InChI is InChI=1S/C17H13BrFN3O/c1-22-6-5-20-16(22)11-3-2-4-15(9-11)21-17(23)12-7-13(18)10-14(19)8-12/h2-10H,1H3,(H,21,23). The van der Waals surface area contributed by atoms with E-state index in [-0.39, 0.29) is 11.5 Å². The number of aromatic nitrogens is 2. The van der Waals surface area contributed by atoms with Gasteiger partial charge in [0.25, 0.3) is 5.91 Å². The highest BCUT2D eigenvalue weighted by Crippen LogP contribution is 2.22. The van der Waals surface area contributed by atoms with Gasteiger partial charge in [0.15, 0.2) is 0 Å². The van der Waals surface area contributed by atoms with E-state index in [2.05, 4.69) is 26.2 Å². The molecule has 1 heterocycles. The van der Waals surface area contributed by atoms with Crippen LogP contribution >= 0.6 is 15.9 Å². The molecule has 0 saturated heterocycles. The molecular weight excluding hydrogens is 361 g/mol. The van der Waals surface area contributed by atoms with Crippen molar-refractivity contribution in [3.63, 3.8) is 0 Å². The van der Waals surface area contributed by atoms with Gasteiger partial charge in [0.05, 0.1) is 0 Å². The lowest BCUT2D eigenvalue weighted by Gasteiger charge is -2.08. The van der Waals surface area contributed by atoms with Gasteiger partial charge in [0, 0.05) is 40.7 Å². The zero-order valence-electron chi connectivity index (χ0n) is 12.3. The fourth-order valence-corrected chi connectivity index (χ4v) is 2.73. The Kier molecular flexibility index (Phi) is 4.25. The number of nitrogens with zero attached hydrogens (tertiary/aromatic N) is 2. The summed E-state index contributed by atoms with van der Waals surface area (Å²) in [5.74, 6) is -0.0388. The number of rotatable bonds is 3. The Morgan fingerprint density at radius 1 is 1.26 bits per heavy atom. The molecule has 1 amide bonds. The maximum atomic E-state index is 13.4. The summed E-state index contributed by atoms with van der Waals surface area (Å²) in [6.45, 7) is 0. The lowest BCUT2D eigenvalue weighted by molar-refractivity contribution is 0.102. The Hall–Kier alpha value is -2.47. The molecule has 2 aromatic carbocycles. The molecule has 0 bridgehead atoms. The van der Waals surface area contributed by atoms with Gasteiger partial charge in [-0.15, -0.1) is 0 Å². The van der Waals surface area contributed by atoms with Crippen LogP contribution in [0.15, 0.2) is 59.3 Å². The molecule has 116 valence electrons. The smallest absolute Gasteiger partial charge is 0.255 e. The molecule has 0 atom stereocenters. The van der Waals surface area contributed by atoms with E-state index in [1.165, 1.54) is 12.1 Å². The number of benzene rings is 2. The van der Waals surface area contributed by atoms with Crippen LogP contribution in [0.4, 0.5) is 10.1 Å². The van der Waals surface area contributed by atoms with Crippen molar-refractivity contribution in [3.05, 3.63) is 70.7 Å². The molecular formula is C17H13BrFN3O. The molecule has 0 unspecified atom stereocenters. The second-order valence-corrected chi connectivity index (χ2v) is 5.97. The summed E-state index contributed by atoms with van der Waals surface area (Å²) in [5.41, 5.74) is 1.76. The molecule has 0 aliphatic rings. The van der Waals surface area contributed by atoms with E-state index < -0.39 is 5.82 Å². The zero-order chi connectivity index (χ0) is 16.4. The summed E-state index contributed by atoms with van der Waals surface area (Å²) < 4.78 is 15.8. The molecule has 1 N–H and O–H groups in total. The van der Waals surface area contributed by atoms with Crippen molar-refractivity contribution in [2.75, 3.05) is 5.32 Å². The molecule has 4 nitrogen and oxygen atoms in total. The first-order valence-electron chi connectivity index (χ1n) is 6.88. The first-order valence-corrected chi connectivity index (χ1v) is 7.67. The number of nitrogens with one attached hydrogen (secondary N) is 1. The van der Waals surface area contributed by atoms with Crippen LogP contribution in [0.3, 0.4) is 0 Å². The minimum atomic E-state index is -0.466. The van der Waals surface area contributed by atoms with Gasteiger partial charge < -0.3 is 9.88 Å². The highest BCUT2D eigenvalue weighted by molar-refractivity contribution is 9.10. The molecule has 23 heavy (non-hydrogen) atoms. The predicted octanol–water partition coefficient (Wildman–Crippen LogP) is 4.24. The largest absolute Gasteiger partial charge is 0.334 e. The van der Waals surface area contributed by atoms with Crippen LogP contribution in [0.1, 0.15) is 10.4 Å². The molecule has 1 aromatic heterocycles. The average Bonchev–Trinajstić information content (AvgIpc) is 2.92. The van der Waals surface area contributed by atoms with Gasteiger partial charge in [-0.1, -0.05) is 28.1 Å². The van der Waals surface area contributed by atoms with Crippen molar-refractivity contribution in [1.82, 2.24) is 9.55 Å². The molecule has 0 fully saturated rings. The van der Waals surface area contributed by atoms with E-state index in [9.17, 15) is 9.18 Å². The number of hydrogen-bond acceptors (Lipinski definition) is 2. The number of carbonyl (C=O) groups excluding carboxylic acids is 1. The number of amides is 1. The van der Waals surface area contributed by atoms with E-state index >= 15 is 0 Å². The van der Waals surface area contributed by atoms with Crippen LogP contribution in [0.2, 0.25) is 0 Å². The van der Waals surface area contributed by atoms with Gasteiger partial charge in [-0.3, -0.25) is 4.79 Å². The number of aryl methyl sites for hydroxylation is 1. The van der Waals surface area contributed by atoms with E-state index in [1.54, 1.807) is 18.3 Å². The summed E-state index contributed by atoms with van der Waals surface area (Å²) >= 11 is 3.18. The second kappa shape index (κ2) is 6.34. The molecule has 0 radical (unpaired) electrons. The third-order valence-corrected chi connectivity index (χ3v) is 3.78. The second-order valence-electron chi connectivity index (χ2n) is 5.05. The van der Waals surface area contributed by atoms with Crippen molar-refractivity contribution in [3.8, 4) is 11.4 Å². The summed E-state index contributed by atoms with van der Waals surface area (Å²) in [5, 5.41) is 2.77. The summed E-state index contributed by atoms with van der Waals surface area (Å²) in [6, 6.07) is 11.4. The normalized spacial score (nSPS) is 10.6. The summed E-state index contributed by atoms with van der Waals surface area (Å²) in [4.78, 5) is 16.5. The highest BCUT2D eigenvalue weighted by Gasteiger charge is 2.10. The average molecular weight is 374 g/mol. The summed E-state index contributed by atoms with van der Waals surface area (Å²) in [7, 11) is 1.90. The Labute approximate surface area is 141 Å². The van der Waals surface area contributed by atoms with Gasteiger partial charge in [0.2, 0.25) is 0 Å². The van der Waals surface area contributed by atoms with Gasteiger partial charge >= 0.3 is 0 Å². The van der Waals surface area contributed by atoms with Gasteiger partial charge in [-0.2, -0.15) is 0 Å². The van der Waals surface area contributed by atoms with E-state index in [0.29, 0.717) is 10.2 Å². The predicted molar refractivity (Wildman–Crippen MR) is 90.7 cm³/mol. The number of halogens is 2. The number of carbonyl (C=O) groups is 1. The topological polar surface area (TPSA) is 46.9 Å². The molecule has 0 saturated carbocycles. The van der Waals surface area contributed by atoms with Crippen molar-refractivity contribution in [2.45, 2.75) is 0 Å². The lowest BCUT2D eigenvalue weighted by Crippen LogP contribution is -2.12. The number of imidazole rings is 1. The summed E-state index contributed by atoms with van der Waals surface area (Å²) in [6.07, 6.45) is 3.57. The van der Waals surface area contributed by atoms with Crippen molar-refractivity contribution < 1.29 is 9.18 Å². The minimum Gasteiger partial charge on any atom is -0.334 e. The maximum absolute atomic E-state index is 13.4. The first-order chi connectivity index (χ1) is 11.0. The van der Waals surface area contributed by atoms with Gasteiger partial charge in [-0.05, 0) is 30.3 Å². The van der Waals surface area contributed by atoms with Crippen molar-refractivity contribution >= 4 is 27.5 Å². The third kappa shape index (κ3) is 3.48. The van der Waals surface area contributed by atoms with Crippen LogP contribution < -0.4 is 5.32 Å². The van der Waals surface area contributed by atoms with Crippen LogP contribution in [-0.4, -0.2) is 15.5 Å². The number of anilines is 1. The molecule has 6 heteroatoms. The van der Waals surface area contributed by atoms with Crippen LogP contribution in [0.5, 0.6) is 0 Å². The Morgan fingerprint density at radius 2 is 2.09 bits per heavy atom. The molecule has 0 aliphatic heterocycles. The molecule has 3 aromatic rings. The molecule has 0 aliphatic carbocycles. The maximum Gasteiger partial charge on any atom is 0.255 e. The third-order valence-electron chi connectivity index (χ3n) is 3.32. The van der Waals surface area contributed by atoms with Gasteiger partial charge in [-0.25, -0.2) is 9.37 Å². The Morgan fingerprint density at radius 3 is 2.78 bits per heavy atom. The fraction of sp³-hybridized carbons (Fsp3) is 0.0588. The first kappa shape index (κ1) is 15.4. The van der Waals surface area contributed by atoms with Crippen LogP contribution in [0.25, 0.3) is 11.4 Å². The van der Waals surface area contributed by atoms with Crippen molar-refractivity contribution in [2.24, 2.45) is 7.05 Å². The van der Waals surface area contributed by atoms with E-state index in [1.807, 2.05) is 36.0 Å². The highest BCUT2D eigenvalue weighted by atomic mass is 79.9. The Balaban J connectivity index is 1.86. The van der Waals surface area contributed by atoms with E-state index in [0.717, 1.165) is 11.4 Å². The lowest BCUT2D eigenvalue weighted by atomic mass is 10.1. The van der Waals surface area contributed by atoms with E-state index in [4.69, 9.17) is 0 Å². The SMILES string of the molecule is Cn1ccnc1-c1cccc(NC(=O)c2cc(F)cc(Br)c2)c1. The van der Waals surface area contributed by atoms with Crippen LogP contribution in [0, 0.1) is 5.82 Å². The molecule has 3 rings (SSSR count). The quantitative estimate of drug-likeness (QED) is 0.746. The van der Waals surface area contributed by atoms with Gasteiger partial charge in [0.1, 0.15) is 11.6 Å². The Bertz CT molecular complexity index is 856. The monoisotopic (exact) mass is 373 g/mol. The fourth-order valence-electron chi connectivity index (χ4n) is 2.27. The zero-order valence-corrected chi connectivity index (χ0v) is 13.8. The molecule has 0 spiro atoms. The van der Waals surface area contributed by atoms with Crippen molar-refractivity contribution in [1.29, 1.82) is 0 Å².